The second-order valence-electron chi connectivity index (χ2n) is 2.87. The second-order valence-corrected chi connectivity index (χ2v) is 3.31. The fourth-order valence-corrected chi connectivity index (χ4v) is 1.14. The first kappa shape index (κ1) is 30.4. The minimum Gasteiger partial charge on any atom is -0.442 e. The predicted molar refractivity (Wildman–Crippen MR) is 79.4 cm³/mol. The topological polar surface area (TPSA) is 73.1 Å². The number of rotatable bonds is 3. The number of carbonyl (C=O) groups is 1. The molecule has 0 aliphatic rings. The predicted octanol–water partition coefficient (Wildman–Crippen LogP) is -4.08. The first-order chi connectivity index (χ1) is 9.01. The van der Waals surface area contributed by atoms with E-state index in [0.29, 0.717) is 5.02 Å². The number of aromatic nitrogens is 1. The van der Waals surface area contributed by atoms with E-state index in [2.05, 4.69) is 41.8 Å². The van der Waals surface area contributed by atoms with Gasteiger partial charge in [-0.05, 0) is 11.3 Å². The standard InChI is InChI=1S/C10H8ClNO.C2H4NO.CHS.2K/c1-2-10-8(4-3-5-13)6-9(11)7-12-10;1-2(3)4;1-2;;/h3,6-7H,2H2,1H3;1H2,(H2,3,4);1H;;/q-2;2*-1;2*+1. The number of nitrogens with two attached hydrogens (primary N) is 1. The van der Waals surface area contributed by atoms with Crippen molar-refractivity contribution >= 4 is 41.9 Å². The zero-order chi connectivity index (χ0) is 15.3. The van der Waals surface area contributed by atoms with Gasteiger partial charge in [-0.1, -0.05) is 13.3 Å². The van der Waals surface area contributed by atoms with Crippen molar-refractivity contribution in [2.24, 2.45) is 5.73 Å². The number of primary amides is 1. The summed E-state index contributed by atoms with van der Waals surface area (Å²) in [7, 11) is 0. The van der Waals surface area contributed by atoms with Crippen LogP contribution in [0.4, 0.5) is 0 Å². The molecule has 0 aromatic carbocycles. The average molecular weight is 375 g/mol. The van der Waals surface area contributed by atoms with Gasteiger partial charge in [-0.3, -0.25) is 11.6 Å². The van der Waals surface area contributed by atoms with Crippen LogP contribution in [0.3, 0.4) is 0 Å². The van der Waals surface area contributed by atoms with E-state index in [-0.39, 0.29) is 103 Å². The SMILES string of the molecule is CCc1ncc(Cl)cc1[C-]=C[C-]=O.[CH-]=S.[CH2-]C(N)=O.[K+].[K+]. The van der Waals surface area contributed by atoms with E-state index in [4.69, 9.17) is 16.4 Å². The van der Waals surface area contributed by atoms with Crippen LogP contribution in [0.15, 0.2) is 18.3 Å². The van der Waals surface area contributed by atoms with Gasteiger partial charge in [-0.15, -0.1) is 17.3 Å². The summed E-state index contributed by atoms with van der Waals surface area (Å²) in [6.45, 7) is 4.76. The fourth-order valence-electron chi connectivity index (χ4n) is 0.982. The van der Waals surface area contributed by atoms with E-state index in [1.807, 2.05) is 6.92 Å². The fraction of sp³-hybridized carbons (Fsp3) is 0.154. The van der Waals surface area contributed by atoms with Crippen LogP contribution in [0, 0.1) is 13.0 Å². The van der Waals surface area contributed by atoms with Crippen LogP contribution in [0.5, 0.6) is 0 Å². The molecule has 0 saturated carbocycles. The van der Waals surface area contributed by atoms with Gasteiger partial charge in [-0.2, -0.15) is 6.07 Å². The maximum Gasteiger partial charge on any atom is 1.00 e. The van der Waals surface area contributed by atoms with Crippen LogP contribution in [0.25, 0.3) is 0 Å². The summed E-state index contributed by atoms with van der Waals surface area (Å²) in [5.74, 6) is 3.50. The van der Waals surface area contributed by atoms with Crippen LogP contribution in [-0.4, -0.2) is 23.0 Å². The van der Waals surface area contributed by atoms with Gasteiger partial charge in [0.1, 0.15) is 0 Å². The zero-order valence-electron chi connectivity index (χ0n) is 12.4. The van der Waals surface area contributed by atoms with Crippen LogP contribution in [-0.2, 0) is 16.0 Å². The molecular weight excluding hydrogens is 362 g/mol. The van der Waals surface area contributed by atoms with Gasteiger partial charge in [0, 0.05) is 6.20 Å². The molecule has 104 valence electrons. The quantitative estimate of drug-likeness (QED) is 0.253. The van der Waals surface area contributed by atoms with Crippen LogP contribution < -0.4 is 109 Å². The average Bonchev–Trinajstić information content (AvgIpc) is 2.38. The third kappa shape index (κ3) is 19.5. The van der Waals surface area contributed by atoms with E-state index >= 15 is 0 Å². The molecule has 0 fully saturated rings. The largest absolute Gasteiger partial charge is 1.00 e. The molecular formula is C13H13ClK2N2O2S-2. The van der Waals surface area contributed by atoms with Gasteiger partial charge in [-0.25, -0.2) is 6.08 Å². The Morgan fingerprint density at radius 3 is 2.43 bits per heavy atom. The van der Waals surface area contributed by atoms with Crippen molar-refractivity contribution in [3.05, 3.63) is 47.6 Å². The normalized spacial score (nSPS) is 7.90. The molecule has 1 heterocycles. The van der Waals surface area contributed by atoms with Gasteiger partial charge < -0.3 is 45.3 Å². The summed E-state index contributed by atoms with van der Waals surface area (Å²) in [4.78, 5) is 23.2. The zero-order valence-corrected chi connectivity index (χ0v) is 20.2. The summed E-state index contributed by atoms with van der Waals surface area (Å²) in [6, 6.07) is 1.72. The van der Waals surface area contributed by atoms with Gasteiger partial charge >= 0.3 is 103 Å². The first-order valence-electron chi connectivity index (χ1n) is 4.96. The number of thiocarbonyl (C=S) groups is 1. The summed E-state index contributed by atoms with van der Waals surface area (Å²) < 4.78 is 0. The van der Waals surface area contributed by atoms with Crippen LogP contribution in [0.2, 0.25) is 5.02 Å². The Morgan fingerprint density at radius 1 is 1.57 bits per heavy atom. The molecule has 8 heteroatoms. The molecule has 0 aliphatic heterocycles. The Morgan fingerprint density at radius 2 is 2.05 bits per heavy atom. The number of hydrogen-bond donors (Lipinski definition) is 1. The van der Waals surface area contributed by atoms with Crippen LogP contribution >= 0.6 is 23.8 Å². The third-order valence-electron chi connectivity index (χ3n) is 1.56. The maximum atomic E-state index is 9.97. The third-order valence-corrected chi connectivity index (χ3v) is 1.77. The number of aryl methyl sites for hydroxylation is 1. The molecule has 0 atom stereocenters. The van der Waals surface area contributed by atoms with Crippen molar-refractivity contribution < 1.29 is 112 Å². The van der Waals surface area contributed by atoms with Crippen molar-refractivity contribution in [2.45, 2.75) is 13.3 Å². The minimum absolute atomic E-state index is 0. The number of carbonyl (C=O) groups excluding carboxylic acids is 2. The molecule has 1 amide bonds. The molecule has 0 bridgehead atoms. The number of pyridine rings is 1. The minimum atomic E-state index is -0.583. The van der Waals surface area contributed by atoms with Crippen molar-refractivity contribution in [1.82, 2.24) is 4.98 Å². The number of amides is 1. The number of hydrogen-bond acceptors (Lipinski definition) is 4. The van der Waals surface area contributed by atoms with E-state index in [0.717, 1.165) is 17.7 Å². The van der Waals surface area contributed by atoms with Crippen LogP contribution in [0.1, 0.15) is 18.2 Å². The van der Waals surface area contributed by atoms with E-state index in [1.54, 1.807) is 18.5 Å². The Hall–Kier alpha value is 1.55. The van der Waals surface area contributed by atoms with Gasteiger partial charge in [0.05, 0.1) is 5.91 Å². The molecule has 0 unspecified atom stereocenters. The maximum absolute atomic E-state index is 9.97. The molecule has 0 radical (unpaired) electrons. The molecule has 0 aliphatic carbocycles. The van der Waals surface area contributed by atoms with E-state index < -0.39 is 5.91 Å². The van der Waals surface area contributed by atoms with Gasteiger partial charge in [0.2, 0.25) is 0 Å². The summed E-state index contributed by atoms with van der Waals surface area (Å²) in [5, 5.41) is 0.541. The molecule has 1 aromatic rings. The number of nitrogens with zero attached hydrogens (tertiary/aromatic N) is 1. The Balaban J connectivity index is -0.000000158. The summed E-state index contributed by atoms with van der Waals surface area (Å²) in [6.07, 6.45) is 7.94. The van der Waals surface area contributed by atoms with Crippen molar-refractivity contribution in [1.29, 1.82) is 0 Å². The summed E-state index contributed by atoms with van der Waals surface area (Å²) >= 11 is 9.32. The van der Waals surface area contributed by atoms with Crippen molar-refractivity contribution in [3.8, 4) is 0 Å². The smallest absolute Gasteiger partial charge is 0.442 e. The Bertz CT molecular complexity index is 442. The van der Waals surface area contributed by atoms with Gasteiger partial charge in [0.15, 0.2) is 0 Å². The molecule has 0 saturated heterocycles. The number of halogens is 1. The Labute approximate surface area is 221 Å². The van der Waals surface area contributed by atoms with E-state index in [9.17, 15) is 4.79 Å². The monoisotopic (exact) mass is 374 g/mol. The molecule has 0 spiro atoms. The molecule has 1 aromatic heterocycles. The second kappa shape index (κ2) is 21.6. The van der Waals surface area contributed by atoms with E-state index in [1.165, 1.54) is 6.08 Å². The Kier molecular flexibility index (Phi) is 31.2. The van der Waals surface area contributed by atoms with Gasteiger partial charge in [0.25, 0.3) is 0 Å². The molecule has 1 rings (SSSR count). The van der Waals surface area contributed by atoms with Crippen molar-refractivity contribution in [2.75, 3.05) is 0 Å². The molecule has 21 heavy (non-hydrogen) atoms. The molecule has 2 N–H and O–H groups in total. The summed E-state index contributed by atoms with van der Waals surface area (Å²) in [5.41, 5.74) is 5.98. The van der Waals surface area contributed by atoms with Crippen molar-refractivity contribution in [3.63, 3.8) is 0 Å². The molecule has 4 nitrogen and oxygen atoms in total. The first-order valence-corrected chi connectivity index (χ1v) is 5.81. The number of allylic oxidation sites excluding steroid dienone is 1.